The highest BCUT2D eigenvalue weighted by Gasteiger charge is 2.32. The highest BCUT2D eigenvalue weighted by Crippen LogP contribution is 2.34. The van der Waals surface area contributed by atoms with Gasteiger partial charge in [0, 0.05) is 61.9 Å². The zero-order valence-electron chi connectivity index (χ0n) is 22.8. The number of likely N-dealkylation sites (tertiary alicyclic amines) is 1. The van der Waals surface area contributed by atoms with Crippen LogP contribution in [0.3, 0.4) is 0 Å². The highest BCUT2D eigenvalue weighted by atomic mass is 35.5. The van der Waals surface area contributed by atoms with Gasteiger partial charge in [-0.3, -0.25) is 4.90 Å². The molecular formula is C30H33ClN6O3. The number of amides is 1. The molecule has 0 spiro atoms. The summed E-state index contributed by atoms with van der Waals surface area (Å²) in [6.07, 6.45) is 1.82. The van der Waals surface area contributed by atoms with Crippen molar-refractivity contribution in [1.29, 1.82) is 5.26 Å². The number of benzene rings is 2. The topological polar surface area (TPSA) is 106 Å². The fourth-order valence-electron chi connectivity index (χ4n) is 5.42. The Hall–Kier alpha value is -3.87. The number of hydrogen-bond donors (Lipinski definition) is 1. The van der Waals surface area contributed by atoms with Gasteiger partial charge in [-0.15, -0.1) is 0 Å². The van der Waals surface area contributed by atoms with Crippen molar-refractivity contribution in [3.63, 3.8) is 0 Å². The van der Waals surface area contributed by atoms with Crippen LogP contribution in [0.2, 0.25) is 5.02 Å². The molecule has 1 unspecified atom stereocenters. The van der Waals surface area contributed by atoms with E-state index >= 15 is 0 Å². The van der Waals surface area contributed by atoms with Crippen molar-refractivity contribution in [1.82, 2.24) is 19.8 Å². The summed E-state index contributed by atoms with van der Waals surface area (Å²) in [5.74, 6) is 1.43. The molecule has 9 nitrogen and oxygen atoms in total. The number of carboxylic acid groups (broad SMARTS) is 1. The van der Waals surface area contributed by atoms with Gasteiger partial charge >= 0.3 is 6.09 Å². The molecule has 0 radical (unpaired) electrons. The first kappa shape index (κ1) is 27.7. The van der Waals surface area contributed by atoms with Crippen LogP contribution >= 0.6 is 11.6 Å². The summed E-state index contributed by atoms with van der Waals surface area (Å²) in [6, 6.07) is 17.7. The normalized spacial score (nSPS) is 18.0. The number of carbonyl (C=O) groups is 1. The summed E-state index contributed by atoms with van der Waals surface area (Å²) in [4.78, 5) is 26.5. The van der Waals surface area contributed by atoms with Gasteiger partial charge in [0.1, 0.15) is 12.4 Å². The van der Waals surface area contributed by atoms with E-state index in [0.29, 0.717) is 36.2 Å². The van der Waals surface area contributed by atoms with Gasteiger partial charge < -0.3 is 19.6 Å². The molecule has 208 valence electrons. The molecule has 2 aliphatic heterocycles. The summed E-state index contributed by atoms with van der Waals surface area (Å²) < 4.78 is 6.04. The SMILES string of the molecule is CC(C)(c1ccc(OCc2ccnc(N3CCN(C4CCN(C(=O)O)C4)CC3)n2)cc1)c1cc(Cl)cc(C#N)c1. The Morgan fingerprint density at radius 2 is 1.85 bits per heavy atom. The number of rotatable bonds is 7. The zero-order chi connectivity index (χ0) is 28.3. The molecule has 5 rings (SSSR count). The molecule has 2 aromatic carbocycles. The molecule has 0 bridgehead atoms. The van der Waals surface area contributed by atoms with E-state index in [-0.39, 0.29) is 11.5 Å². The monoisotopic (exact) mass is 560 g/mol. The highest BCUT2D eigenvalue weighted by molar-refractivity contribution is 6.30. The van der Waals surface area contributed by atoms with Crippen molar-refractivity contribution >= 4 is 23.6 Å². The molecular weight excluding hydrogens is 528 g/mol. The second kappa shape index (κ2) is 11.7. The van der Waals surface area contributed by atoms with Crippen molar-refractivity contribution < 1.29 is 14.6 Å². The van der Waals surface area contributed by atoms with Gasteiger partial charge in [-0.2, -0.15) is 5.26 Å². The number of hydrogen-bond acceptors (Lipinski definition) is 7. The third-order valence-corrected chi connectivity index (χ3v) is 8.18. The lowest BCUT2D eigenvalue weighted by molar-refractivity contribution is 0.144. The first-order valence-corrected chi connectivity index (χ1v) is 13.8. The third-order valence-electron chi connectivity index (χ3n) is 7.96. The van der Waals surface area contributed by atoms with Gasteiger partial charge in [0.2, 0.25) is 5.95 Å². The smallest absolute Gasteiger partial charge is 0.407 e. The van der Waals surface area contributed by atoms with Crippen molar-refractivity contribution in [2.75, 3.05) is 44.2 Å². The molecule has 2 aliphatic rings. The first-order valence-electron chi connectivity index (χ1n) is 13.5. The lowest BCUT2D eigenvalue weighted by Crippen LogP contribution is -2.51. The van der Waals surface area contributed by atoms with E-state index in [1.165, 1.54) is 4.90 Å². The maximum atomic E-state index is 11.2. The lowest BCUT2D eigenvalue weighted by atomic mass is 9.78. The fraction of sp³-hybridized carbons (Fsp3) is 0.400. The average molecular weight is 561 g/mol. The minimum atomic E-state index is -0.832. The largest absolute Gasteiger partial charge is 0.487 e. The number of piperazine rings is 1. The molecule has 1 N–H and O–H groups in total. The number of nitriles is 1. The predicted molar refractivity (Wildman–Crippen MR) is 153 cm³/mol. The Labute approximate surface area is 239 Å². The predicted octanol–water partition coefficient (Wildman–Crippen LogP) is 4.78. The lowest BCUT2D eigenvalue weighted by Gasteiger charge is -2.37. The molecule has 1 amide bonds. The van der Waals surface area contributed by atoms with Crippen LogP contribution in [0.25, 0.3) is 0 Å². The van der Waals surface area contributed by atoms with Crippen LogP contribution in [-0.4, -0.2) is 76.3 Å². The Balaban J connectivity index is 1.16. The summed E-state index contributed by atoms with van der Waals surface area (Å²) >= 11 is 6.25. The van der Waals surface area contributed by atoms with Crippen molar-refractivity contribution in [3.05, 3.63) is 82.1 Å². The van der Waals surface area contributed by atoms with Crippen molar-refractivity contribution in [2.45, 2.75) is 38.3 Å². The quantitative estimate of drug-likeness (QED) is 0.440. The summed E-state index contributed by atoms with van der Waals surface area (Å²) in [7, 11) is 0. The number of nitrogens with zero attached hydrogens (tertiary/aromatic N) is 6. The number of anilines is 1. The van der Waals surface area contributed by atoms with Crippen LogP contribution in [0.15, 0.2) is 54.7 Å². The minimum absolute atomic E-state index is 0.288. The van der Waals surface area contributed by atoms with Gasteiger partial charge in [0.05, 0.1) is 17.3 Å². The van der Waals surface area contributed by atoms with Crippen LogP contribution in [0.1, 0.15) is 42.7 Å². The summed E-state index contributed by atoms with van der Waals surface area (Å²) in [5.41, 5.74) is 3.07. The molecule has 1 aromatic heterocycles. The second-order valence-electron chi connectivity index (χ2n) is 10.8. The molecule has 2 saturated heterocycles. The van der Waals surface area contributed by atoms with Crippen LogP contribution in [-0.2, 0) is 12.0 Å². The van der Waals surface area contributed by atoms with Crippen LogP contribution in [0.4, 0.5) is 10.7 Å². The van der Waals surface area contributed by atoms with Crippen molar-refractivity contribution in [3.8, 4) is 11.8 Å². The van der Waals surface area contributed by atoms with E-state index < -0.39 is 6.09 Å². The van der Waals surface area contributed by atoms with Crippen molar-refractivity contribution in [2.24, 2.45) is 0 Å². The molecule has 40 heavy (non-hydrogen) atoms. The Morgan fingerprint density at radius 3 is 2.52 bits per heavy atom. The number of halogens is 1. The average Bonchev–Trinajstić information content (AvgIpc) is 3.47. The summed E-state index contributed by atoms with van der Waals surface area (Å²) in [6.45, 7) is 9.05. The Morgan fingerprint density at radius 1 is 1.10 bits per heavy atom. The third kappa shape index (κ3) is 6.14. The van der Waals surface area contributed by atoms with E-state index in [4.69, 9.17) is 21.3 Å². The van der Waals surface area contributed by atoms with Crippen LogP contribution in [0.5, 0.6) is 5.75 Å². The second-order valence-corrected chi connectivity index (χ2v) is 11.3. The van der Waals surface area contributed by atoms with E-state index in [1.807, 2.05) is 42.5 Å². The summed E-state index contributed by atoms with van der Waals surface area (Å²) in [5, 5.41) is 19.1. The van der Waals surface area contributed by atoms with Gasteiger partial charge in [0.25, 0.3) is 0 Å². The molecule has 1 atom stereocenters. The standard InChI is InChI=1S/C30H33ClN6O3/c1-30(2,23-15-21(18-32)16-24(31)17-23)22-3-5-27(6-4-22)40-20-25-7-9-33-28(34-25)36-13-11-35(12-14-36)26-8-10-37(19-26)29(38)39/h3-7,9,15-17,26H,8,10-14,19-20H2,1-2H3,(H,38,39). The van der Waals surface area contributed by atoms with E-state index in [9.17, 15) is 15.2 Å². The van der Waals surface area contributed by atoms with Crippen LogP contribution in [0, 0.1) is 11.3 Å². The molecule has 3 heterocycles. The van der Waals surface area contributed by atoms with E-state index in [1.54, 1.807) is 12.3 Å². The maximum absolute atomic E-state index is 11.2. The number of ether oxygens (including phenoxy) is 1. The van der Waals surface area contributed by atoms with Gasteiger partial charge in [-0.1, -0.05) is 37.6 Å². The van der Waals surface area contributed by atoms with E-state index in [2.05, 4.69) is 34.7 Å². The number of aromatic nitrogens is 2. The zero-order valence-corrected chi connectivity index (χ0v) is 23.5. The molecule has 2 fully saturated rings. The molecule has 3 aromatic rings. The molecule has 0 saturated carbocycles. The fourth-order valence-corrected chi connectivity index (χ4v) is 5.66. The van der Waals surface area contributed by atoms with Gasteiger partial charge in [-0.25, -0.2) is 14.8 Å². The molecule has 10 heteroatoms. The van der Waals surface area contributed by atoms with Crippen LogP contribution < -0.4 is 9.64 Å². The maximum Gasteiger partial charge on any atom is 0.407 e. The first-order chi connectivity index (χ1) is 19.2. The Bertz CT molecular complexity index is 1400. The van der Waals surface area contributed by atoms with Gasteiger partial charge in [-0.05, 0) is 53.9 Å². The molecule has 0 aliphatic carbocycles. The van der Waals surface area contributed by atoms with Gasteiger partial charge in [0.15, 0.2) is 0 Å². The Kier molecular flexibility index (Phi) is 8.10. The minimum Gasteiger partial charge on any atom is -0.487 e. The van der Waals surface area contributed by atoms with E-state index in [0.717, 1.165) is 55.2 Å².